The van der Waals surface area contributed by atoms with Crippen molar-refractivity contribution >= 4 is 38.8 Å². The van der Waals surface area contributed by atoms with Crippen molar-refractivity contribution < 1.29 is 0 Å². The largest absolute Gasteiger partial charge is 0.385 e. The van der Waals surface area contributed by atoms with Crippen LogP contribution in [-0.2, 0) is 6.54 Å². The normalized spacial score (nSPS) is 14.1. The van der Waals surface area contributed by atoms with Crippen LogP contribution >= 0.6 is 0 Å². The number of fused-ring (bicyclic) bond motifs is 6. The van der Waals surface area contributed by atoms with E-state index in [9.17, 15) is 0 Å². The number of nitrogens with one attached hydrogen (secondary N) is 2. The monoisotopic (exact) mass is 416 g/mol. The van der Waals surface area contributed by atoms with Crippen LogP contribution in [0.25, 0.3) is 38.8 Å². The van der Waals surface area contributed by atoms with Crippen molar-refractivity contribution in [2.45, 2.75) is 12.7 Å². The summed E-state index contributed by atoms with van der Waals surface area (Å²) < 4.78 is 4.61. The number of benzene rings is 3. The lowest BCUT2D eigenvalue weighted by Crippen LogP contribution is -2.27. The minimum atomic E-state index is -0.108. The average molecular weight is 417 g/mol. The van der Waals surface area contributed by atoms with Gasteiger partial charge in [0.25, 0.3) is 0 Å². The molecule has 0 saturated carbocycles. The topological polar surface area (TPSA) is 33.9 Å². The van der Waals surface area contributed by atoms with Crippen molar-refractivity contribution in [2.75, 3.05) is 5.43 Å². The first-order valence-electron chi connectivity index (χ1n) is 10.9. The van der Waals surface area contributed by atoms with Gasteiger partial charge in [0.2, 0.25) is 0 Å². The zero-order valence-electron chi connectivity index (χ0n) is 17.7. The Hall–Kier alpha value is -4.18. The second-order valence-corrected chi connectivity index (χ2v) is 8.03. The molecule has 2 N–H and O–H groups in total. The molecule has 4 nitrogen and oxygen atoms in total. The molecule has 0 radical (unpaired) electrons. The number of hydrogen-bond acceptors (Lipinski definition) is 2. The molecule has 5 aromatic rings. The molecule has 32 heavy (non-hydrogen) atoms. The lowest BCUT2D eigenvalue weighted by Gasteiger charge is -2.24. The van der Waals surface area contributed by atoms with Crippen LogP contribution < -0.4 is 10.7 Å². The summed E-state index contributed by atoms with van der Waals surface area (Å²) in [7, 11) is 0. The first-order valence-corrected chi connectivity index (χ1v) is 10.9. The summed E-state index contributed by atoms with van der Waals surface area (Å²) >= 11 is 0. The van der Waals surface area contributed by atoms with Crippen molar-refractivity contribution in [3.05, 3.63) is 115 Å². The predicted molar refractivity (Wildman–Crippen MR) is 135 cm³/mol. The number of rotatable bonds is 5. The van der Waals surface area contributed by atoms with Crippen molar-refractivity contribution in [1.29, 1.82) is 0 Å². The SMILES string of the molecule is C=C/C=C\C(Nn1c2c(c3ccccc31)C=CNC2)n1c2ccccc2c2ccccc21. The van der Waals surface area contributed by atoms with E-state index in [2.05, 4.69) is 112 Å². The lowest BCUT2D eigenvalue weighted by atomic mass is 10.1. The van der Waals surface area contributed by atoms with E-state index >= 15 is 0 Å². The number of nitrogens with zero attached hydrogens (tertiary/aromatic N) is 2. The second-order valence-electron chi connectivity index (χ2n) is 8.03. The Morgan fingerprint density at radius 2 is 1.47 bits per heavy atom. The molecule has 2 aromatic heterocycles. The molecule has 1 unspecified atom stereocenters. The van der Waals surface area contributed by atoms with Crippen LogP contribution in [0.5, 0.6) is 0 Å². The molecule has 0 aliphatic carbocycles. The molecule has 1 aliphatic heterocycles. The number of hydrogen-bond donors (Lipinski definition) is 2. The van der Waals surface area contributed by atoms with Gasteiger partial charge in [0.1, 0.15) is 6.17 Å². The Labute approximate surface area is 186 Å². The van der Waals surface area contributed by atoms with Crippen LogP contribution in [0.3, 0.4) is 0 Å². The summed E-state index contributed by atoms with van der Waals surface area (Å²) in [5.74, 6) is 0. The van der Waals surface area contributed by atoms with Gasteiger partial charge in [0, 0.05) is 21.7 Å². The summed E-state index contributed by atoms with van der Waals surface area (Å²) in [6.45, 7) is 4.68. The van der Waals surface area contributed by atoms with Gasteiger partial charge in [-0.2, -0.15) is 0 Å². The van der Waals surface area contributed by atoms with Crippen LogP contribution in [0.4, 0.5) is 0 Å². The van der Waals surface area contributed by atoms with Gasteiger partial charge in [-0.3, -0.25) is 10.1 Å². The standard InChI is InChI=1S/C28H24N4/c1-2-3-16-28(31-24-13-7-4-10-20(24)21-11-5-8-14-25(21)31)30-32-26-15-9-6-12-22(26)23-17-18-29-19-27(23)32/h2-18,28-30H,1,19H2/b16-3-. The van der Waals surface area contributed by atoms with Gasteiger partial charge in [-0.25, -0.2) is 0 Å². The van der Waals surface area contributed by atoms with Gasteiger partial charge in [-0.05, 0) is 36.6 Å². The summed E-state index contributed by atoms with van der Waals surface area (Å²) in [4.78, 5) is 0. The first-order chi connectivity index (χ1) is 15.9. The van der Waals surface area contributed by atoms with Crippen LogP contribution in [0, 0.1) is 0 Å². The maximum Gasteiger partial charge on any atom is 0.137 e. The summed E-state index contributed by atoms with van der Waals surface area (Å²) in [5, 5.41) is 7.13. The molecule has 0 fully saturated rings. The van der Waals surface area contributed by atoms with E-state index in [1.54, 1.807) is 0 Å². The minimum Gasteiger partial charge on any atom is -0.385 e. The van der Waals surface area contributed by atoms with Crippen LogP contribution in [-0.4, -0.2) is 9.24 Å². The number of para-hydroxylation sites is 3. The van der Waals surface area contributed by atoms with E-state index in [0.29, 0.717) is 0 Å². The van der Waals surface area contributed by atoms with Gasteiger partial charge >= 0.3 is 0 Å². The number of aromatic nitrogens is 2. The van der Waals surface area contributed by atoms with E-state index in [1.807, 2.05) is 18.4 Å². The molecular weight excluding hydrogens is 392 g/mol. The summed E-state index contributed by atoms with van der Waals surface area (Å²) in [6, 6.07) is 25.8. The lowest BCUT2D eigenvalue weighted by molar-refractivity contribution is 0.622. The highest BCUT2D eigenvalue weighted by Gasteiger charge is 2.21. The molecule has 4 heteroatoms. The summed E-state index contributed by atoms with van der Waals surface area (Å²) in [5.41, 5.74) is 9.88. The highest BCUT2D eigenvalue weighted by Crippen LogP contribution is 2.33. The zero-order valence-corrected chi connectivity index (χ0v) is 17.7. The third-order valence-electron chi connectivity index (χ3n) is 6.24. The van der Waals surface area contributed by atoms with Crippen LogP contribution in [0.1, 0.15) is 17.4 Å². The van der Waals surface area contributed by atoms with Crippen molar-refractivity contribution in [1.82, 2.24) is 14.6 Å². The van der Waals surface area contributed by atoms with Gasteiger partial charge in [0.05, 0.1) is 28.8 Å². The molecule has 0 amide bonds. The molecule has 156 valence electrons. The fourth-order valence-electron chi connectivity index (χ4n) is 4.88. The smallest absolute Gasteiger partial charge is 0.137 e. The molecule has 0 spiro atoms. The maximum absolute atomic E-state index is 3.91. The molecule has 3 aromatic carbocycles. The Kier molecular flexibility index (Phi) is 4.36. The van der Waals surface area contributed by atoms with E-state index < -0.39 is 0 Å². The van der Waals surface area contributed by atoms with Gasteiger partial charge in [0.15, 0.2) is 0 Å². The highest BCUT2D eigenvalue weighted by atomic mass is 15.5. The zero-order chi connectivity index (χ0) is 21.5. The number of allylic oxidation sites excluding steroid dienone is 2. The van der Waals surface area contributed by atoms with E-state index in [-0.39, 0.29) is 6.17 Å². The molecule has 6 rings (SSSR count). The molecule has 0 saturated heterocycles. The Morgan fingerprint density at radius 3 is 2.16 bits per heavy atom. The van der Waals surface area contributed by atoms with Gasteiger partial charge in [-0.1, -0.05) is 73.3 Å². The Bertz CT molecular complexity index is 1480. The van der Waals surface area contributed by atoms with E-state index in [4.69, 9.17) is 0 Å². The Morgan fingerprint density at radius 1 is 0.844 bits per heavy atom. The predicted octanol–water partition coefficient (Wildman–Crippen LogP) is 6.31. The van der Waals surface area contributed by atoms with Crippen LogP contribution in [0.2, 0.25) is 0 Å². The van der Waals surface area contributed by atoms with Crippen molar-refractivity contribution in [2.24, 2.45) is 0 Å². The van der Waals surface area contributed by atoms with Crippen LogP contribution in [0.15, 0.2) is 104 Å². The molecule has 3 heterocycles. The van der Waals surface area contributed by atoms with E-state index in [0.717, 1.165) is 6.54 Å². The highest BCUT2D eigenvalue weighted by molar-refractivity contribution is 6.08. The maximum atomic E-state index is 3.91. The molecule has 0 bridgehead atoms. The fourth-order valence-corrected chi connectivity index (χ4v) is 4.88. The van der Waals surface area contributed by atoms with Crippen molar-refractivity contribution in [3.8, 4) is 0 Å². The first kappa shape index (κ1) is 18.6. The fraction of sp³-hybridized carbons (Fsp3) is 0.0714. The third-order valence-corrected chi connectivity index (χ3v) is 6.24. The third kappa shape index (κ3) is 2.77. The molecule has 1 atom stereocenters. The second kappa shape index (κ2) is 7.50. The summed E-state index contributed by atoms with van der Waals surface area (Å²) in [6.07, 6.45) is 10.1. The van der Waals surface area contributed by atoms with E-state index in [1.165, 1.54) is 44.0 Å². The van der Waals surface area contributed by atoms with Gasteiger partial charge < -0.3 is 9.88 Å². The quantitative estimate of drug-likeness (QED) is 0.329. The van der Waals surface area contributed by atoms with Gasteiger partial charge in [-0.15, -0.1) is 0 Å². The minimum absolute atomic E-state index is 0.108. The Balaban J connectivity index is 1.59. The molecular formula is C28H24N4. The molecule has 1 aliphatic rings. The average Bonchev–Trinajstić information content (AvgIpc) is 3.35. The van der Waals surface area contributed by atoms with Crippen molar-refractivity contribution in [3.63, 3.8) is 0 Å².